The number of unbranched alkanes of at least 4 members (excludes halogenated alkanes) is 3. The lowest BCUT2D eigenvalue weighted by atomic mass is 10.1. The van der Waals surface area contributed by atoms with Gasteiger partial charge >= 0.3 is 0 Å². The van der Waals surface area contributed by atoms with Crippen molar-refractivity contribution in [2.24, 2.45) is 0 Å². The highest BCUT2D eigenvalue weighted by atomic mass is 19.1. The summed E-state index contributed by atoms with van der Waals surface area (Å²) >= 11 is 0. The molecule has 118 valence electrons. The zero-order chi connectivity index (χ0) is 13.9. The number of quaternary nitrogens is 1. The average Bonchev–Trinajstić information content (AvgIpc) is 2.38. The van der Waals surface area contributed by atoms with Gasteiger partial charge in [-0.2, -0.15) is 4.39 Å². The lowest BCUT2D eigenvalue weighted by molar-refractivity contribution is -0.965. The Labute approximate surface area is 119 Å². The largest absolute Gasteiger partial charge is 1.00 e. The molecule has 0 aromatic rings. The van der Waals surface area contributed by atoms with Crippen LogP contribution in [0, 0.1) is 0 Å². The van der Waals surface area contributed by atoms with E-state index in [0.717, 1.165) is 56.2 Å². The van der Waals surface area contributed by atoms with E-state index in [1.165, 1.54) is 19.3 Å². The quantitative estimate of drug-likeness (QED) is 0.380. The van der Waals surface area contributed by atoms with Crippen LogP contribution in [-0.4, -0.2) is 30.4 Å². The molecular formula is C16H35F2N. The molecule has 0 heterocycles. The molecule has 0 fully saturated rings. The van der Waals surface area contributed by atoms with Gasteiger partial charge in [0.1, 0.15) is 0 Å². The van der Waals surface area contributed by atoms with Crippen LogP contribution >= 0.6 is 0 Å². The van der Waals surface area contributed by atoms with Gasteiger partial charge in [-0.05, 0) is 25.7 Å². The van der Waals surface area contributed by atoms with Gasteiger partial charge in [-0.25, -0.2) is 0 Å². The van der Waals surface area contributed by atoms with Crippen molar-refractivity contribution < 1.29 is 13.6 Å². The molecule has 3 heteroatoms. The Morgan fingerprint density at radius 3 is 1.37 bits per heavy atom. The molecule has 0 N–H and O–H groups in total. The summed E-state index contributed by atoms with van der Waals surface area (Å²) in [4.78, 5) is 0. The maximum atomic E-state index is 14.7. The summed E-state index contributed by atoms with van der Waals surface area (Å²) in [6, 6.07) is 0. The average molecular weight is 279 g/mol. The van der Waals surface area contributed by atoms with Gasteiger partial charge < -0.3 is 4.70 Å². The number of hydrogen-bond acceptors (Lipinski definition) is 0. The van der Waals surface area contributed by atoms with Crippen molar-refractivity contribution in [1.29, 1.82) is 0 Å². The van der Waals surface area contributed by atoms with Crippen LogP contribution in [0.3, 0.4) is 0 Å². The fraction of sp³-hybridized carbons (Fsp3) is 1.00. The Bertz CT molecular complexity index is 164. The summed E-state index contributed by atoms with van der Waals surface area (Å²) in [5.74, 6) is 0. The van der Waals surface area contributed by atoms with Crippen molar-refractivity contribution in [3.05, 3.63) is 0 Å². The molecule has 0 aromatic heterocycles. The van der Waals surface area contributed by atoms with Gasteiger partial charge in [-0.15, -0.1) is 0 Å². The monoisotopic (exact) mass is 279 g/mol. The van der Waals surface area contributed by atoms with E-state index in [1.54, 1.807) is 0 Å². The Morgan fingerprint density at radius 2 is 1.11 bits per heavy atom. The van der Waals surface area contributed by atoms with E-state index in [-0.39, 0.29) is 4.70 Å². The fourth-order valence-corrected chi connectivity index (χ4v) is 2.69. The van der Waals surface area contributed by atoms with Crippen LogP contribution in [0.15, 0.2) is 0 Å². The van der Waals surface area contributed by atoms with E-state index >= 15 is 0 Å². The summed E-state index contributed by atoms with van der Waals surface area (Å²) in [6.07, 6.45) is 8.08. The van der Waals surface area contributed by atoms with Crippen molar-refractivity contribution in [2.45, 2.75) is 85.4 Å². The molecule has 0 aromatic carbocycles. The van der Waals surface area contributed by atoms with Crippen LogP contribution in [0.1, 0.15) is 79.1 Å². The van der Waals surface area contributed by atoms with Crippen molar-refractivity contribution in [3.63, 3.8) is 0 Å². The summed E-state index contributed by atoms with van der Waals surface area (Å²) in [7, 11) is 0. The van der Waals surface area contributed by atoms with Crippen LogP contribution in [-0.2, 0) is 0 Å². The first-order chi connectivity index (χ1) is 8.66. The molecule has 0 aliphatic carbocycles. The summed E-state index contributed by atoms with van der Waals surface area (Å²) in [5, 5.41) is 0. The van der Waals surface area contributed by atoms with Gasteiger partial charge in [0.05, 0.1) is 19.6 Å². The molecule has 0 saturated carbocycles. The van der Waals surface area contributed by atoms with Gasteiger partial charge in [0.25, 0.3) is 0 Å². The number of nitrogens with zero attached hydrogens (tertiary/aromatic N) is 1. The minimum Gasteiger partial charge on any atom is -1.00 e. The van der Waals surface area contributed by atoms with E-state index in [1.807, 2.05) is 0 Å². The molecule has 19 heavy (non-hydrogen) atoms. The summed E-state index contributed by atoms with van der Waals surface area (Å²) in [5.41, 5.74) is 0. The molecule has 0 bridgehead atoms. The Hall–Kier alpha value is -0.180. The lowest BCUT2D eigenvalue weighted by Crippen LogP contribution is -3.00. The van der Waals surface area contributed by atoms with E-state index in [2.05, 4.69) is 27.7 Å². The number of hydrogen-bond donors (Lipinski definition) is 0. The van der Waals surface area contributed by atoms with E-state index in [4.69, 9.17) is 0 Å². The van der Waals surface area contributed by atoms with Crippen molar-refractivity contribution in [2.75, 3.05) is 19.6 Å². The summed E-state index contributed by atoms with van der Waals surface area (Å²) in [6.45, 7) is 11.8. The van der Waals surface area contributed by atoms with E-state index in [9.17, 15) is 4.39 Å². The molecule has 0 saturated heterocycles. The third-order valence-corrected chi connectivity index (χ3v) is 3.99. The van der Waals surface area contributed by atoms with Crippen LogP contribution < -0.4 is 4.70 Å². The number of alkyl halides is 1. The van der Waals surface area contributed by atoms with Crippen LogP contribution in [0.5, 0.6) is 0 Å². The van der Waals surface area contributed by atoms with Gasteiger partial charge in [0, 0.05) is 6.42 Å². The smallest absolute Gasteiger partial charge is 0.232 e. The second kappa shape index (κ2) is 12.8. The highest BCUT2D eigenvalue weighted by Gasteiger charge is 2.34. The first kappa shape index (κ1) is 21.1. The van der Waals surface area contributed by atoms with Crippen molar-refractivity contribution in [1.82, 2.24) is 0 Å². The predicted octanol–water partition coefficient (Wildman–Crippen LogP) is 2.30. The van der Waals surface area contributed by atoms with Crippen LogP contribution in [0.4, 0.5) is 4.39 Å². The molecule has 0 aliphatic rings. The van der Waals surface area contributed by atoms with Gasteiger partial charge in [0.2, 0.25) is 6.30 Å². The molecule has 1 atom stereocenters. The minimum atomic E-state index is -0.639. The van der Waals surface area contributed by atoms with E-state index in [0.29, 0.717) is 0 Å². The molecule has 1 nitrogen and oxygen atoms in total. The Kier molecular flexibility index (Phi) is 14.3. The number of halogens is 2. The second-order valence-corrected chi connectivity index (χ2v) is 5.67. The lowest BCUT2D eigenvalue weighted by Gasteiger charge is -2.41. The SMILES string of the molecule is CCCC[N+](CCCC)(CCCC)C(F)CCC.[F-]. The van der Waals surface area contributed by atoms with Crippen LogP contribution in [0.25, 0.3) is 0 Å². The maximum absolute atomic E-state index is 14.7. The Balaban J connectivity index is 0. The predicted molar refractivity (Wildman–Crippen MR) is 79.4 cm³/mol. The van der Waals surface area contributed by atoms with Crippen LogP contribution in [0.2, 0.25) is 0 Å². The highest BCUT2D eigenvalue weighted by molar-refractivity contribution is 4.53. The third-order valence-electron chi connectivity index (χ3n) is 3.99. The fourth-order valence-electron chi connectivity index (χ4n) is 2.69. The molecule has 0 radical (unpaired) electrons. The molecule has 1 unspecified atom stereocenters. The molecule has 0 amide bonds. The zero-order valence-corrected chi connectivity index (χ0v) is 13.6. The third kappa shape index (κ3) is 7.86. The van der Waals surface area contributed by atoms with E-state index < -0.39 is 6.30 Å². The molecule has 0 aliphatic heterocycles. The topological polar surface area (TPSA) is 0 Å². The van der Waals surface area contributed by atoms with Crippen molar-refractivity contribution in [3.8, 4) is 0 Å². The summed E-state index contributed by atoms with van der Waals surface area (Å²) < 4.78 is 15.4. The first-order valence-corrected chi connectivity index (χ1v) is 8.16. The zero-order valence-electron chi connectivity index (χ0n) is 13.6. The number of rotatable bonds is 12. The second-order valence-electron chi connectivity index (χ2n) is 5.67. The molecule has 0 rings (SSSR count). The normalized spacial score (nSPS) is 13.1. The highest BCUT2D eigenvalue weighted by Crippen LogP contribution is 2.23. The Morgan fingerprint density at radius 1 is 0.737 bits per heavy atom. The standard InChI is InChI=1S/C16H35FN.FH/c1-5-9-13-18(14-10-6-2,15-11-7-3)16(17)12-8-4;/h16H,5-15H2,1-4H3;1H/q+1;/p-1. The van der Waals surface area contributed by atoms with Crippen molar-refractivity contribution >= 4 is 0 Å². The molecule has 0 spiro atoms. The first-order valence-electron chi connectivity index (χ1n) is 8.16. The van der Waals surface area contributed by atoms with Gasteiger partial charge in [-0.1, -0.05) is 47.0 Å². The maximum Gasteiger partial charge on any atom is 0.232 e. The molecular weight excluding hydrogens is 244 g/mol. The minimum absolute atomic E-state index is 0. The van der Waals surface area contributed by atoms with Gasteiger partial charge in [0.15, 0.2) is 0 Å². The van der Waals surface area contributed by atoms with Gasteiger partial charge in [-0.3, -0.25) is 4.48 Å².